The second-order valence-electron chi connectivity index (χ2n) is 5.17. The Morgan fingerprint density at radius 1 is 1.20 bits per heavy atom. The van der Waals surface area contributed by atoms with Crippen LogP contribution in [0.25, 0.3) is 0 Å². The van der Waals surface area contributed by atoms with Crippen LogP contribution in [0.5, 0.6) is 5.75 Å². The minimum absolute atomic E-state index is 0.577. The monoisotopic (exact) mass is 343 g/mol. The van der Waals surface area contributed by atoms with E-state index in [1.54, 1.807) is 7.11 Å². The summed E-state index contributed by atoms with van der Waals surface area (Å²) in [5.41, 5.74) is 1.35. The molecule has 114 valence electrons. The molecule has 0 spiro atoms. The molecule has 0 unspecified atom stereocenters. The van der Waals surface area contributed by atoms with Crippen molar-refractivity contribution in [3.8, 4) is 5.75 Å². The molecule has 0 heterocycles. The van der Waals surface area contributed by atoms with E-state index in [9.17, 15) is 0 Å². The van der Waals surface area contributed by atoms with Gasteiger partial charge < -0.3 is 14.8 Å². The highest BCUT2D eigenvalue weighted by Crippen LogP contribution is 2.26. The fourth-order valence-corrected chi connectivity index (χ4v) is 2.44. The largest absolute Gasteiger partial charge is 0.490 e. The molecule has 0 saturated carbocycles. The molecule has 20 heavy (non-hydrogen) atoms. The van der Waals surface area contributed by atoms with Gasteiger partial charge in [0.2, 0.25) is 0 Å². The lowest BCUT2D eigenvalue weighted by molar-refractivity contribution is 0.146. The number of nitrogens with one attached hydrogen (secondary N) is 1. The fourth-order valence-electron chi connectivity index (χ4n) is 1.90. The third kappa shape index (κ3) is 7.27. The molecule has 0 aliphatic heterocycles. The summed E-state index contributed by atoms with van der Waals surface area (Å²) in [4.78, 5) is 0. The van der Waals surface area contributed by atoms with Crippen molar-refractivity contribution in [1.82, 2.24) is 5.32 Å². The first-order valence-corrected chi connectivity index (χ1v) is 8.06. The van der Waals surface area contributed by atoms with Crippen molar-refractivity contribution in [2.24, 2.45) is 0 Å². The molecule has 1 aromatic rings. The molecule has 3 nitrogen and oxygen atoms in total. The fraction of sp³-hybridized carbons (Fsp3) is 0.625. The van der Waals surface area contributed by atoms with Crippen molar-refractivity contribution in [3.63, 3.8) is 0 Å². The number of halogens is 1. The Labute approximate surface area is 131 Å². The summed E-state index contributed by atoms with van der Waals surface area (Å²) in [5, 5.41) is 3.44. The van der Waals surface area contributed by atoms with E-state index < -0.39 is 0 Å². The Kier molecular flexibility index (Phi) is 8.90. The summed E-state index contributed by atoms with van der Waals surface area (Å²) < 4.78 is 11.6. The van der Waals surface area contributed by atoms with Crippen LogP contribution in [0.4, 0.5) is 0 Å². The first kappa shape index (κ1) is 17.5. The third-order valence-electron chi connectivity index (χ3n) is 2.99. The summed E-state index contributed by atoms with van der Waals surface area (Å²) in [6, 6.07) is 6.90. The van der Waals surface area contributed by atoms with Crippen LogP contribution >= 0.6 is 15.9 Å². The lowest BCUT2D eigenvalue weighted by Crippen LogP contribution is -2.23. The number of ether oxygens (including phenoxy) is 2. The maximum atomic E-state index is 5.62. The van der Waals surface area contributed by atoms with Crippen LogP contribution in [0.1, 0.15) is 32.3 Å². The van der Waals surface area contributed by atoms with Gasteiger partial charge in [-0.25, -0.2) is 0 Å². The normalized spacial score (nSPS) is 11.1. The number of unbranched alkanes of at least 4 members (excludes halogenated alkanes) is 1. The second-order valence-corrected chi connectivity index (χ2v) is 6.03. The zero-order chi connectivity index (χ0) is 14.8. The van der Waals surface area contributed by atoms with E-state index >= 15 is 0 Å². The van der Waals surface area contributed by atoms with E-state index in [1.807, 2.05) is 6.07 Å². The Balaban J connectivity index is 2.31. The van der Waals surface area contributed by atoms with Crippen LogP contribution in [-0.4, -0.2) is 32.9 Å². The maximum Gasteiger partial charge on any atom is 0.133 e. The number of methoxy groups -OCH3 is 1. The molecule has 0 saturated heterocycles. The van der Waals surface area contributed by atoms with Crippen molar-refractivity contribution in [3.05, 3.63) is 28.2 Å². The van der Waals surface area contributed by atoms with Crippen LogP contribution < -0.4 is 10.1 Å². The van der Waals surface area contributed by atoms with Gasteiger partial charge in [-0.1, -0.05) is 19.9 Å². The number of rotatable bonds is 10. The van der Waals surface area contributed by atoms with Crippen molar-refractivity contribution in [2.45, 2.75) is 39.2 Å². The second kappa shape index (κ2) is 10.2. The van der Waals surface area contributed by atoms with Gasteiger partial charge in [-0.15, -0.1) is 0 Å². The highest BCUT2D eigenvalue weighted by atomic mass is 79.9. The minimum atomic E-state index is 0.577. The third-order valence-corrected chi connectivity index (χ3v) is 3.61. The van der Waals surface area contributed by atoms with Gasteiger partial charge in [0, 0.05) is 13.2 Å². The van der Waals surface area contributed by atoms with E-state index in [4.69, 9.17) is 9.47 Å². The molecule has 4 heteroatoms. The molecule has 1 N–H and O–H groups in total. The van der Waals surface area contributed by atoms with E-state index in [1.165, 1.54) is 18.4 Å². The van der Waals surface area contributed by atoms with E-state index in [0.29, 0.717) is 19.3 Å². The Morgan fingerprint density at radius 3 is 2.65 bits per heavy atom. The molecule has 0 aliphatic carbocycles. The molecule has 0 aliphatic rings. The molecular formula is C16H26BrNO2. The average molecular weight is 344 g/mol. The SMILES string of the molecule is COCCOc1ccc(CCCCNC(C)C)cc1Br. The Hall–Kier alpha value is -0.580. The number of hydrogen-bond acceptors (Lipinski definition) is 3. The number of hydrogen-bond donors (Lipinski definition) is 1. The van der Waals surface area contributed by atoms with Gasteiger partial charge in [0.15, 0.2) is 0 Å². The van der Waals surface area contributed by atoms with Crippen LogP contribution in [0.15, 0.2) is 22.7 Å². The predicted molar refractivity (Wildman–Crippen MR) is 87.6 cm³/mol. The van der Waals surface area contributed by atoms with E-state index in [-0.39, 0.29) is 0 Å². The van der Waals surface area contributed by atoms with Crippen LogP contribution in [0.2, 0.25) is 0 Å². The van der Waals surface area contributed by atoms with Gasteiger partial charge in [0.1, 0.15) is 12.4 Å². The average Bonchev–Trinajstić information content (AvgIpc) is 2.40. The molecule has 1 rings (SSSR count). The summed E-state index contributed by atoms with van der Waals surface area (Å²) in [7, 11) is 1.68. The van der Waals surface area contributed by atoms with Gasteiger partial charge in [-0.05, 0) is 59.4 Å². The van der Waals surface area contributed by atoms with E-state index in [2.05, 4.69) is 47.2 Å². The van der Waals surface area contributed by atoms with Gasteiger partial charge in [0.25, 0.3) is 0 Å². The van der Waals surface area contributed by atoms with Crippen molar-refractivity contribution in [2.75, 3.05) is 26.9 Å². The van der Waals surface area contributed by atoms with Gasteiger partial charge in [-0.3, -0.25) is 0 Å². The quantitative estimate of drug-likeness (QED) is 0.655. The summed E-state index contributed by atoms with van der Waals surface area (Å²) >= 11 is 3.56. The smallest absolute Gasteiger partial charge is 0.133 e. The highest BCUT2D eigenvalue weighted by molar-refractivity contribution is 9.10. The topological polar surface area (TPSA) is 30.5 Å². The first-order valence-electron chi connectivity index (χ1n) is 7.27. The maximum absolute atomic E-state index is 5.62. The molecule has 0 aromatic heterocycles. The highest BCUT2D eigenvalue weighted by Gasteiger charge is 2.03. The number of benzene rings is 1. The standard InChI is InChI=1S/C16H26BrNO2/c1-13(2)18-9-5-4-6-14-7-8-16(15(17)12-14)20-11-10-19-3/h7-8,12-13,18H,4-6,9-11H2,1-3H3. The summed E-state index contributed by atoms with van der Waals surface area (Å²) in [5.74, 6) is 0.882. The van der Waals surface area contributed by atoms with Crippen molar-refractivity contribution < 1.29 is 9.47 Å². The van der Waals surface area contributed by atoms with Crippen LogP contribution in [0.3, 0.4) is 0 Å². The summed E-state index contributed by atoms with van der Waals surface area (Å²) in [6.07, 6.45) is 3.52. The molecule has 0 radical (unpaired) electrons. The van der Waals surface area contributed by atoms with Crippen LogP contribution in [-0.2, 0) is 11.2 Å². The predicted octanol–water partition coefficient (Wildman–Crippen LogP) is 3.80. The zero-order valence-corrected chi connectivity index (χ0v) is 14.3. The van der Waals surface area contributed by atoms with Crippen LogP contribution in [0, 0.1) is 0 Å². The molecule has 0 fully saturated rings. The Morgan fingerprint density at radius 2 is 2.00 bits per heavy atom. The lowest BCUT2D eigenvalue weighted by Gasteiger charge is -2.10. The number of aryl methyl sites for hydroxylation is 1. The van der Waals surface area contributed by atoms with Gasteiger partial charge >= 0.3 is 0 Å². The first-order chi connectivity index (χ1) is 9.63. The van der Waals surface area contributed by atoms with Gasteiger partial charge in [-0.2, -0.15) is 0 Å². The lowest BCUT2D eigenvalue weighted by atomic mass is 10.1. The van der Waals surface area contributed by atoms with Crippen molar-refractivity contribution in [1.29, 1.82) is 0 Å². The molecule has 0 bridgehead atoms. The molecule has 0 atom stereocenters. The van der Waals surface area contributed by atoms with E-state index in [0.717, 1.165) is 23.2 Å². The Bertz CT molecular complexity index is 383. The summed E-state index contributed by atoms with van der Waals surface area (Å²) in [6.45, 7) is 6.64. The van der Waals surface area contributed by atoms with Crippen molar-refractivity contribution >= 4 is 15.9 Å². The molecular weight excluding hydrogens is 318 g/mol. The molecule has 0 amide bonds. The zero-order valence-electron chi connectivity index (χ0n) is 12.7. The molecule has 1 aromatic carbocycles. The van der Waals surface area contributed by atoms with Gasteiger partial charge in [0.05, 0.1) is 11.1 Å². The minimum Gasteiger partial charge on any atom is -0.490 e.